The Morgan fingerprint density at radius 1 is 0.810 bits per heavy atom. The van der Waals surface area contributed by atoms with E-state index in [1.54, 1.807) is 14.2 Å². The van der Waals surface area contributed by atoms with E-state index in [0.717, 1.165) is 36.4 Å². The third kappa shape index (κ3) is 8.96. The smallest absolute Gasteiger partial charge is 0.337 e. The highest BCUT2D eigenvalue weighted by molar-refractivity contribution is 6.67. The molecule has 0 aromatic carbocycles. The number of allylic oxidation sites excluding steroid dienone is 4. The van der Waals surface area contributed by atoms with Crippen LogP contribution in [0, 0.1) is 0 Å². The fourth-order valence-corrected chi connectivity index (χ4v) is 4.53. The average molecular weight is 317 g/mol. The quantitative estimate of drug-likeness (QED) is 0.304. The van der Waals surface area contributed by atoms with Crippen molar-refractivity contribution < 1.29 is 18.3 Å². The molecule has 0 unspecified atom stereocenters. The first-order valence-electron chi connectivity index (χ1n) is 7.65. The fourth-order valence-electron chi connectivity index (χ4n) is 1.93. The summed E-state index contributed by atoms with van der Waals surface area (Å²) < 4.78 is 22.6. The Balaban J connectivity index is 4.11. The van der Waals surface area contributed by atoms with E-state index in [9.17, 15) is 0 Å². The van der Waals surface area contributed by atoms with Crippen molar-refractivity contribution in [2.45, 2.75) is 52.6 Å². The van der Waals surface area contributed by atoms with Crippen LogP contribution in [0.5, 0.6) is 0 Å². The lowest BCUT2D eigenvalue weighted by Gasteiger charge is -2.27. The Morgan fingerprint density at radius 2 is 1.19 bits per heavy atom. The zero-order chi connectivity index (χ0) is 16.1. The minimum absolute atomic E-state index is 0.714. The summed E-state index contributed by atoms with van der Waals surface area (Å²) in [6.45, 7) is 9.32. The summed E-state index contributed by atoms with van der Waals surface area (Å²) in [5.74, 6) is 1.93. The molecule has 0 radical (unpaired) electrons. The molecule has 0 atom stereocenters. The standard InChI is InChI=1S/C16H32O4Si/c1-7-15(3)19-11-9-13-21(17-5,18-6)14-10-12-20-16(4)8-2/h7-8H,9-14H2,1-6H3/b15-7-,16-8-. The molecule has 4 nitrogen and oxygen atoms in total. The topological polar surface area (TPSA) is 36.9 Å². The predicted molar refractivity (Wildman–Crippen MR) is 89.4 cm³/mol. The fraction of sp³-hybridized carbons (Fsp3) is 0.750. The Hall–Kier alpha value is -0.783. The second-order valence-electron chi connectivity index (χ2n) is 5.02. The van der Waals surface area contributed by atoms with Gasteiger partial charge in [0.25, 0.3) is 0 Å². The second-order valence-corrected chi connectivity index (χ2v) is 8.66. The van der Waals surface area contributed by atoms with E-state index in [0.29, 0.717) is 13.2 Å². The summed E-state index contributed by atoms with van der Waals surface area (Å²) in [6, 6.07) is 1.89. The molecule has 0 heterocycles. The molecule has 0 aromatic rings. The Bertz CT molecular complexity index is 294. The molecule has 0 N–H and O–H groups in total. The average Bonchev–Trinajstić information content (AvgIpc) is 2.53. The number of hydrogen-bond acceptors (Lipinski definition) is 4. The minimum Gasteiger partial charge on any atom is -0.499 e. The monoisotopic (exact) mass is 316 g/mol. The van der Waals surface area contributed by atoms with E-state index >= 15 is 0 Å². The van der Waals surface area contributed by atoms with Gasteiger partial charge in [0.1, 0.15) is 0 Å². The predicted octanol–water partition coefficient (Wildman–Crippen LogP) is 4.38. The van der Waals surface area contributed by atoms with E-state index in [2.05, 4.69) is 0 Å². The highest BCUT2D eigenvalue weighted by atomic mass is 28.4. The van der Waals surface area contributed by atoms with Crippen LogP contribution in [0.3, 0.4) is 0 Å². The van der Waals surface area contributed by atoms with Gasteiger partial charge >= 0.3 is 8.56 Å². The van der Waals surface area contributed by atoms with E-state index in [1.807, 2.05) is 39.8 Å². The van der Waals surface area contributed by atoms with Gasteiger partial charge in [0.15, 0.2) is 0 Å². The molecule has 0 bridgehead atoms. The molecule has 0 saturated carbocycles. The van der Waals surface area contributed by atoms with Crippen LogP contribution in [-0.2, 0) is 18.3 Å². The van der Waals surface area contributed by atoms with Crippen LogP contribution in [0.2, 0.25) is 12.1 Å². The number of hydrogen-bond donors (Lipinski definition) is 0. The van der Waals surface area contributed by atoms with Crippen LogP contribution in [0.15, 0.2) is 23.7 Å². The molecule has 0 aliphatic heterocycles. The van der Waals surface area contributed by atoms with Crippen LogP contribution < -0.4 is 0 Å². The van der Waals surface area contributed by atoms with Crippen LogP contribution in [0.25, 0.3) is 0 Å². The first-order valence-corrected chi connectivity index (χ1v) is 9.88. The highest BCUT2D eigenvalue weighted by Crippen LogP contribution is 2.22. The van der Waals surface area contributed by atoms with E-state index in [1.165, 1.54) is 0 Å². The third-order valence-corrected chi connectivity index (χ3v) is 7.34. The Morgan fingerprint density at radius 3 is 1.48 bits per heavy atom. The van der Waals surface area contributed by atoms with Crippen molar-refractivity contribution in [1.82, 2.24) is 0 Å². The van der Waals surface area contributed by atoms with Crippen molar-refractivity contribution in [3.05, 3.63) is 23.7 Å². The molecule has 0 spiro atoms. The van der Waals surface area contributed by atoms with Gasteiger partial charge in [-0.3, -0.25) is 0 Å². The normalized spacial score (nSPS) is 13.4. The summed E-state index contributed by atoms with van der Waals surface area (Å²) in [5, 5.41) is 0. The SMILES string of the molecule is C/C=C(/C)OCCC[Si](CCCO/C(C)=C\C)(OC)OC. The van der Waals surface area contributed by atoms with Gasteiger partial charge < -0.3 is 18.3 Å². The Labute approximate surface area is 131 Å². The molecule has 0 amide bonds. The van der Waals surface area contributed by atoms with E-state index in [4.69, 9.17) is 18.3 Å². The summed E-state index contributed by atoms with van der Waals surface area (Å²) in [6.07, 6.45) is 5.85. The number of rotatable bonds is 12. The van der Waals surface area contributed by atoms with Crippen molar-refractivity contribution >= 4 is 8.56 Å². The molecule has 0 aromatic heterocycles. The summed E-state index contributed by atoms with van der Waals surface area (Å²) in [5.41, 5.74) is 0. The molecule has 0 aliphatic carbocycles. The van der Waals surface area contributed by atoms with E-state index in [-0.39, 0.29) is 0 Å². The zero-order valence-corrected chi connectivity index (χ0v) is 15.5. The van der Waals surface area contributed by atoms with Crippen LogP contribution in [0.4, 0.5) is 0 Å². The van der Waals surface area contributed by atoms with Crippen molar-refractivity contribution in [2.24, 2.45) is 0 Å². The lowest BCUT2D eigenvalue weighted by molar-refractivity contribution is 0.191. The van der Waals surface area contributed by atoms with Gasteiger partial charge in [-0.2, -0.15) is 0 Å². The third-order valence-electron chi connectivity index (χ3n) is 3.62. The minimum atomic E-state index is -2.11. The van der Waals surface area contributed by atoms with Crippen LogP contribution >= 0.6 is 0 Å². The number of ether oxygens (including phenoxy) is 2. The van der Waals surface area contributed by atoms with Gasteiger partial charge in [-0.05, 0) is 52.6 Å². The van der Waals surface area contributed by atoms with Crippen molar-refractivity contribution in [3.63, 3.8) is 0 Å². The lowest BCUT2D eigenvalue weighted by Crippen LogP contribution is -2.40. The van der Waals surface area contributed by atoms with Gasteiger partial charge in [0.05, 0.1) is 24.7 Å². The first-order chi connectivity index (χ1) is 10.0. The van der Waals surface area contributed by atoms with Crippen molar-refractivity contribution in [1.29, 1.82) is 0 Å². The maximum absolute atomic E-state index is 5.73. The Kier molecular flexibility index (Phi) is 11.4. The molecular formula is C16H32O4Si. The second kappa shape index (κ2) is 11.8. The van der Waals surface area contributed by atoms with Gasteiger partial charge in [0, 0.05) is 14.2 Å². The summed E-state index contributed by atoms with van der Waals surface area (Å²) in [4.78, 5) is 0. The van der Waals surface area contributed by atoms with Crippen molar-refractivity contribution in [3.8, 4) is 0 Å². The lowest BCUT2D eigenvalue weighted by atomic mass is 10.5. The van der Waals surface area contributed by atoms with Gasteiger partial charge in [-0.25, -0.2) is 0 Å². The maximum atomic E-state index is 5.73. The molecule has 0 saturated heterocycles. The molecule has 124 valence electrons. The highest BCUT2D eigenvalue weighted by Gasteiger charge is 2.34. The largest absolute Gasteiger partial charge is 0.499 e. The maximum Gasteiger partial charge on any atom is 0.337 e. The molecular weight excluding hydrogens is 284 g/mol. The van der Waals surface area contributed by atoms with Crippen LogP contribution in [0.1, 0.15) is 40.5 Å². The van der Waals surface area contributed by atoms with Crippen molar-refractivity contribution in [2.75, 3.05) is 27.4 Å². The summed E-state index contributed by atoms with van der Waals surface area (Å²) in [7, 11) is 1.40. The molecule has 5 heteroatoms. The first kappa shape index (κ1) is 20.2. The molecule has 0 aliphatic rings. The zero-order valence-electron chi connectivity index (χ0n) is 14.5. The van der Waals surface area contributed by atoms with E-state index < -0.39 is 8.56 Å². The molecule has 21 heavy (non-hydrogen) atoms. The summed E-state index contributed by atoms with van der Waals surface area (Å²) >= 11 is 0. The van der Waals surface area contributed by atoms with Gasteiger partial charge in [-0.1, -0.05) is 12.2 Å². The molecule has 0 fully saturated rings. The van der Waals surface area contributed by atoms with Crippen LogP contribution in [-0.4, -0.2) is 36.0 Å². The molecule has 0 rings (SSSR count). The van der Waals surface area contributed by atoms with Gasteiger partial charge in [-0.15, -0.1) is 0 Å². The van der Waals surface area contributed by atoms with Gasteiger partial charge in [0.2, 0.25) is 0 Å².